The maximum absolute atomic E-state index is 12.1. The topological polar surface area (TPSA) is 61.5 Å². The highest BCUT2D eigenvalue weighted by molar-refractivity contribution is 7.58. The second kappa shape index (κ2) is 6.16. The van der Waals surface area contributed by atoms with E-state index < -0.39 is 13.2 Å². The number of hydrogen-bond donors (Lipinski definition) is 1. The van der Waals surface area contributed by atoms with Gasteiger partial charge >= 0.3 is 0 Å². The molecule has 0 aliphatic rings. The zero-order valence-electron chi connectivity index (χ0n) is 10.4. The van der Waals surface area contributed by atoms with E-state index in [1.807, 2.05) is 0 Å². The van der Waals surface area contributed by atoms with E-state index in [0.717, 1.165) is 0 Å². The molecule has 7 heteroatoms. The second-order valence-electron chi connectivity index (χ2n) is 3.85. The minimum atomic E-state index is -2.85. The molecule has 0 spiro atoms. The van der Waals surface area contributed by atoms with Crippen molar-refractivity contribution in [3.8, 4) is 5.75 Å². The summed E-state index contributed by atoms with van der Waals surface area (Å²) in [6.07, 6.45) is 0. The van der Waals surface area contributed by atoms with Gasteiger partial charge in [-0.05, 0) is 19.9 Å². The van der Waals surface area contributed by atoms with Crippen molar-refractivity contribution in [3.63, 3.8) is 0 Å². The maximum Gasteiger partial charge on any atom is 0.239 e. The van der Waals surface area contributed by atoms with Crippen LogP contribution in [0.15, 0.2) is 12.1 Å². The average Bonchev–Trinajstić information content (AvgIpc) is 2.25. The van der Waals surface area contributed by atoms with Gasteiger partial charge in [-0.25, -0.2) is 0 Å². The minimum absolute atomic E-state index is 0.317. The van der Waals surface area contributed by atoms with Gasteiger partial charge in [0, 0.05) is 12.7 Å². The summed E-state index contributed by atoms with van der Waals surface area (Å²) in [4.78, 5) is 0. The Bertz CT molecular complexity index is 482. The lowest BCUT2D eigenvalue weighted by atomic mass is 10.3. The van der Waals surface area contributed by atoms with E-state index >= 15 is 0 Å². The zero-order valence-corrected chi connectivity index (χ0v) is 12.9. The summed E-state index contributed by atoms with van der Waals surface area (Å²) in [6, 6.07) is 2.99. The molecule has 1 aromatic carbocycles. The summed E-state index contributed by atoms with van der Waals surface area (Å²) in [5.74, 6) is -0.275. The van der Waals surface area contributed by atoms with Crippen molar-refractivity contribution in [3.05, 3.63) is 22.2 Å². The van der Waals surface area contributed by atoms with Crippen LogP contribution in [0.5, 0.6) is 5.75 Å². The van der Waals surface area contributed by atoms with Crippen LogP contribution < -0.4 is 10.5 Å². The van der Waals surface area contributed by atoms with Gasteiger partial charge in [-0.3, -0.25) is 4.57 Å². The van der Waals surface area contributed by atoms with E-state index in [2.05, 4.69) is 0 Å². The summed E-state index contributed by atoms with van der Waals surface area (Å²) in [7, 11) is -2.85. The fraction of sp³-hybridized carbons (Fsp3) is 0.455. The molecular formula is C11H16Cl2NO3P. The number of ether oxygens (including phenoxy) is 1. The summed E-state index contributed by atoms with van der Waals surface area (Å²) in [5, 5.41) is 0.669. The van der Waals surface area contributed by atoms with Crippen LogP contribution in [-0.2, 0) is 9.09 Å². The number of anilines is 1. The number of halogens is 2. The number of hydrogen-bond acceptors (Lipinski definition) is 4. The Hall–Kier alpha value is -0.410. The first-order valence-electron chi connectivity index (χ1n) is 5.40. The van der Waals surface area contributed by atoms with E-state index in [1.165, 1.54) is 18.8 Å². The molecule has 0 bridgehead atoms. The first-order valence-corrected chi connectivity index (χ1v) is 8.30. The predicted molar refractivity (Wildman–Crippen MR) is 76.1 cm³/mol. The number of nitrogens with two attached hydrogens (primary N) is 1. The van der Waals surface area contributed by atoms with Crippen molar-refractivity contribution in [1.82, 2.24) is 0 Å². The molecule has 18 heavy (non-hydrogen) atoms. The van der Waals surface area contributed by atoms with Crippen molar-refractivity contribution in [1.29, 1.82) is 0 Å². The fourth-order valence-corrected chi connectivity index (χ4v) is 2.73. The third-order valence-electron chi connectivity index (χ3n) is 2.39. The molecule has 0 heterocycles. The fourth-order valence-electron chi connectivity index (χ4n) is 1.28. The van der Waals surface area contributed by atoms with E-state index in [4.69, 9.17) is 38.2 Å². The van der Waals surface area contributed by atoms with Crippen LogP contribution in [0.25, 0.3) is 0 Å². The third-order valence-corrected chi connectivity index (χ3v) is 5.21. The summed E-state index contributed by atoms with van der Waals surface area (Å²) >= 11 is 11.8. The van der Waals surface area contributed by atoms with Crippen LogP contribution in [0, 0.1) is 0 Å². The van der Waals surface area contributed by atoms with Gasteiger partial charge in [-0.1, -0.05) is 23.2 Å². The van der Waals surface area contributed by atoms with Gasteiger partial charge in [-0.2, -0.15) is 0 Å². The standard InChI is InChI=1S/C11H16Cl2NO3P/c1-4-16-18(3,15)7(2)17-11-6-10(14)8(12)5-9(11)13/h5-7H,4,14H2,1-3H3. The van der Waals surface area contributed by atoms with Crippen LogP contribution in [-0.4, -0.2) is 19.1 Å². The van der Waals surface area contributed by atoms with Crippen LogP contribution >= 0.6 is 30.6 Å². The van der Waals surface area contributed by atoms with E-state index in [9.17, 15) is 4.57 Å². The molecule has 0 aliphatic carbocycles. The Balaban J connectivity index is 2.91. The van der Waals surface area contributed by atoms with Crippen molar-refractivity contribution in [2.75, 3.05) is 19.0 Å². The van der Waals surface area contributed by atoms with E-state index in [1.54, 1.807) is 13.8 Å². The van der Waals surface area contributed by atoms with Crippen molar-refractivity contribution >= 4 is 36.3 Å². The van der Waals surface area contributed by atoms with Crippen LogP contribution in [0.2, 0.25) is 10.0 Å². The smallest absolute Gasteiger partial charge is 0.239 e. The number of benzene rings is 1. The van der Waals surface area contributed by atoms with Crippen molar-refractivity contribution in [2.24, 2.45) is 0 Å². The molecule has 0 radical (unpaired) electrons. The summed E-state index contributed by atoms with van der Waals surface area (Å²) in [6.45, 7) is 5.32. The first-order chi connectivity index (χ1) is 8.27. The molecular weight excluding hydrogens is 296 g/mol. The molecule has 102 valence electrons. The summed E-state index contributed by atoms with van der Waals surface area (Å²) in [5.41, 5.74) is 6.01. The van der Waals surface area contributed by atoms with Crippen LogP contribution in [0.1, 0.15) is 13.8 Å². The number of nitrogen functional groups attached to an aromatic ring is 1. The molecule has 4 nitrogen and oxygen atoms in total. The minimum Gasteiger partial charge on any atom is -0.479 e. The monoisotopic (exact) mass is 311 g/mol. The molecule has 2 atom stereocenters. The van der Waals surface area contributed by atoms with Crippen LogP contribution in [0.4, 0.5) is 5.69 Å². The lowest BCUT2D eigenvalue weighted by molar-refractivity contribution is 0.246. The zero-order chi connectivity index (χ0) is 13.9. The Labute approximate surface area is 117 Å². The van der Waals surface area contributed by atoms with Gasteiger partial charge in [0.15, 0.2) is 5.85 Å². The molecule has 1 rings (SSSR count). The molecule has 0 aromatic heterocycles. The van der Waals surface area contributed by atoms with Crippen LogP contribution in [0.3, 0.4) is 0 Å². The van der Waals surface area contributed by atoms with Gasteiger partial charge < -0.3 is 15.0 Å². The third kappa shape index (κ3) is 3.79. The van der Waals surface area contributed by atoms with Crippen molar-refractivity contribution < 1.29 is 13.8 Å². The molecule has 0 saturated carbocycles. The Morgan fingerprint density at radius 3 is 2.56 bits per heavy atom. The van der Waals surface area contributed by atoms with Crippen molar-refractivity contribution in [2.45, 2.75) is 19.7 Å². The number of rotatable bonds is 5. The molecule has 1 aromatic rings. The molecule has 0 aliphatic heterocycles. The maximum atomic E-state index is 12.1. The lowest BCUT2D eigenvalue weighted by Crippen LogP contribution is -2.14. The van der Waals surface area contributed by atoms with E-state index in [0.29, 0.717) is 28.1 Å². The van der Waals surface area contributed by atoms with Gasteiger partial charge in [0.1, 0.15) is 5.75 Å². The Morgan fingerprint density at radius 1 is 1.39 bits per heavy atom. The Morgan fingerprint density at radius 2 is 2.00 bits per heavy atom. The molecule has 0 saturated heterocycles. The average molecular weight is 312 g/mol. The lowest BCUT2D eigenvalue weighted by Gasteiger charge is -2.22. The van der Waals surface area contributed by atoms with Gasteiger partial charge in [0.05, 0.1) is 22.3 Å². The molecule has 0 amide bonds. The SMILES string of the molecule is CCOP(C)(=O)C(C)Oc1cc(N)c(Cl)cc1Cl. The summed E-state index contributed by atoms with van der Waals surface area (Å²) < 4.78 is 22.9. The highest BCUT2D eigenvalue weighted by Crippen LogP contribution is 2.49. The highest BCUT2D eigenvalue weighted by Gasteiger charge is 2.27. The largest absolute Gasteiger partial charge is 0.479 e. The normalized spacial score (nSPS) is 16.1. The predicted octanol–water partition coefficient (Wildman–Crippen LogP) is 4.24. The molecule has 2 N–H and O–H groups in total. The van der Waals surface area contributed by atoms with E-state index in [-0.39, 0.29) is 0 Å². The van der Waals surface area contributed by atoms with Gasteiger partial charge in [0.25, 0.3) is 0 Å². The van der Waals surface area contributed by atoms with Gasteiger partial charge in [-0.15, -0.1) is 0 Å². The second-order valence-corrected chi connectivity index (χ2v) is 7.46. The quantitative estimate of drug-likeness (QED) is 0.652. The highest BCUT2D eigenvalue weighted by atomic mass is 35.5. The first kappa shape index (κ1) is 15.6. The molecule has 2 unspecified atom stereocenters. The Kier molecular flexibility index (Phi) is 5.35. The van der Waals surface area contributed by atoms with Gasteiger partial charge in [0.2, 0.25) is 7.37 Å². The molecule has 0 fully saturated rings.